The number of anilines is 3. The maximum Gasteiger partial charge on any atom is 0.434 e. The molecular formula is C20H16ClF6N5O3S. The van der Waals surface area contributed by atoms with Gasteiger partial charge in [0.1, 0.15) is 23.7 Å². The molecule has 1 aromatic heterocycles. The highest BCUT2D eigenvalue weighted by atomic mass is 35.5. The maximum atomic E-state index is 13.0. The van der Waals surface area contributed by atoms with Gasteiger partial charge >= 0.3 is 12.4 Å². The largest absolute Gasteiger partial charge is 0.471 e. The third kappa shape index (κ3) is 7.35. The van der Waals surface area contributed by atoms with E-state index in [-0.39, 0.29) is 11.4 Å². The summed E-state index contributed by atoms with van der Waals surface area (Å²) >= 11 is 5.83. The van der Waals surface area contributed by atoms with Gasteiger partial charge < -0.3 is 15.4 Å². The van der Waals surface area contributed by atoms with Crippen LogP contribution in [0.4, 0.5) is 43.7 Å². The number of hydrogen-bond acceptors (Lipinski definition) is 7. The molecule has 0 saturated heterocycles. The minimum atomic E-state index is -5.78. The minimum Gasteiger partial charge on any atom is -0.471 e. The van der Waals surface area contributed by atoms with Crippen molar-refractivity contribution in [2.24, 2.45) is 5.14 Å². The Morgan fingerprint density at radius 2 is 1.56 bits per heavy atom. The molecule has 16 heteroatoms. The molecule has 0 atom stereocenters. The van der Waals surface area contributed by atoms with E-state index in [9.17, 15) is 34.8 Å². The molecule has 0 spiro atoms. The first kappa shape index (κ1) is 27.3. The van der Waals surface area contributed by atoms with Crippen LogP contribution in [0.3, 0.4) is 0 Å². The van der Waals surface area contributed by atoms with E-state index >= 15 is 0 Å². The molecule has 3 aromatic rings. The summed E-state index contributed by atoms with van der Waals surface area (Å²) in [6.45, 7) is -0.474. The average molecular weight is 556 g/mol. The third-order valence-electron chi connectivity index (χ3n) is 4.44. The number of benzene rings is 2. The van der Waals surface area contributed by atoms with Crippen molar-refractivity contribution >= 4 is 38.9 Å². The fraction of sp³-hybridized carbons (Fsp3) is 0.200. The van der Waals surface area contributed by atoms with Crippen molar-refractivity contribution in [3.8, 4) is 5.75 Å². The van der Waals surface area contributed by atoms with Crippen LogP contribution in [0.25, 0.3) is 0 Å². The Morgan fingerprint density at radius 1 is 0.944 bits per heavy atom. The van der Waals surface area contributed by atoms with E-state index in [4.69, 9.17) is 16.7 Å². The Kier molecular flexibility index (Phi) is 7.85. The number of alkyl halides is 6. The molecule has 0 fully saturated rings. The van der Waals surface area contributed by atoms with Crippen molar-refractivity contribution < 1.29 is 39.5 Å². The third-order valence-corrected chi connectivity index (χ3v) is 5.61. The summed E-state index contributed by atoms with van der Waals surface area (Å²) in [4.78, 5) is 7.38. The first-order valence-electron chi connectivity index (χ1n) is 9.67. The topological polar surface area (TPSA) is 119 Å². The van der Waals surface area contributed by atoms with Crippen LogP contribution >= 0.6 is 11.6 Å². The summed E-state index contributed by atoms with van der Waals surface area (Å²) < 4.78 is 106. The number of primary sulfonamides is 1. The number of nitrogens with two attached hydrogens (primary N) is 1. The number of aromatic nitrogens is 2. The van der Waals surface area contributed by atoms with Crippen molar-refractivity contribution in [1.82, 2.24) is 9.97 Å². The molecule has 194 valence electrons. The van der Waals surface area contributed by atoms with Crippen molar-refractivity contribution in [3.05, 3.63) is 65.4 Å². The molecule has 0 saturated carbocycles. The molecule has 1 heterocycles. The van der Waals surface area contributed by atoms with Crippen molar-refractivity contribution in [3.63, 3.8) is 0 Å². The Morgan fingerprint density at radius 3 is 2.14 bits per heavy atom. The van der Waals surface area contributed by atoms with Crippen LogP contribution in [0.5, 0.6) is 5.75 Å². The number of ether oxygens (including phenoxy) is 1. The Hall–Kier alpha value is -3.30. The normalized spacial score (nSPS) is 12.5. The molecular weight excluding hydrogens is 540 g/mol. The van der Waals surface area contributed by atoms with Gasteiger partial charge in [-0.15, -0.1) is 0 Å². The van der Waals surface area contributed by atoms with Gasteiger partial charge in [-0.25, -0.2) is 23.5 Å². The Labute approximate surface area is 205 Å². The number of sulfonamides is 1. The number of nitrogens with one attached hydrogen (secondary N) is 2. The fourth-order valence-electron chi connectivity index (χ4n) is 2.82. The summed E-state index contributed by atoms with van der Waals surface area (Å²) in [7, 11) is -4.33. The quantitative estimate of drug-likeness (QED) is 0.334. The second-order valence-electron chi connectivity index (χ2n) is 7.17. The van der Waals surface area contributed by atoms with Crippen LogP contribution in [0.15, 0.2) is 59.8 Å². The second-order valence-corrected chi connectivity index (χ2v) is 9.17. The van der Waals surface area contributed by atoms with Gasteiger partial charge in [0.15, 0.2) is 0 Å². The first-order valence-corrected chi connectivity index (χ1v) is 11.6. The lowest BCUT2D eigenvalue weighted by Gasteiger charge is -2.25. The van der Waals surface area contributed by atoms with Crippen LogP contribution in [-0.4, -0.2) is 36.8 Å². The van der Waals surface area contributed by atoms with Gasteiger partial charge in [0.25, 0.3) is 6.10 Å². The van der Waals surface area contributed by atoms with Crippen molar-refractivity contribution in [2.45, 2.75) is 29.9 Å². The van der Waals surface area contributed by atoms with E-state index < -0.39 is 45.7 Å². The van der Waals surface area contributed by atoms with Crippen LogP contribution < -0.4 is 20.5 Å². The van der Waals surface area contributed by atoms with Gasteiger partial charge in [0, 0.05) is 28.9 Å². The number of hydrogen-bond donors (Lipinski definition) is 3. The van der Waals surface area contributed by atoms with E-state index in [0.29, 0.717) is 22.6 Å². The van der Waals surface area contributed by atoms with Gasteiger partial charge in [-0.1, -0.05) is 11.6 Å². The van der Waals surface area contributed by atoms with Crippen LogP contribution in [0, 0.1) is 0 Å². The Balaban J connectivity index is 1.87. The minimum absolute atomic E-state index is 0.108. The molecule has 0 radical (unpaired) electrons. The second kappa shape index (κ2) is 10.4. The lowest BCUT2D eigenvalue weighted by molar-refractivity contribution is -0.300. The molecule has 8 nitrogen and oxygen atoms in total. The van der Waals surface area contributed by atoms with E-state index in [1.165, 1.54) is 6.07 Å². The average Bonchev–Trinajstić information content (AvgIpc) is 2.76. The van der Waals surface area contributed by atoms with Gasteiger partial charge in [-0.05, 0) is 42.5 Å². The van der Waals surface area contributed by atoms with E-state index in [1.807, 2.05) is 0 Å². The highest BCUT2D eigenvalue weighted by Gasteiger charge is 2.59. The predicted molar refractivity (Wildman–Crippen MR) is 118 cm³/mol. The zero-order chi connectivity index (χ0) is 26.7. The summed E-state index contributed by atoms with van der Waals surface area (Å²) in [5.41, 5.74) is 0.261. The van der Waals surface area contributed by atoms with Gasteiger partial charge in [0.2, 0.25) is 10.0 Å². The van der Waals surface area contributed by atoms with Crippen LogP contribution in [0.1, 0.15) is 5.56 Å². The Bertz CT molecular complexity index is 1310. The number of rotatable bonds is 8. The monoisotopic (exact) mass is 555 g/mol. The first-order chi connectivity index (χ1) is 16.6. The maximum absolute atomic E-state index is 13.0. The van der Waals surface area contributed by atoms with E-state index in [0.717, 1.165) is 18.5 Å². The van der Waals surface area contributed by atoms with Crippen molar-refractivity contribution in [2.75, 3.05) is 10.6 Å². The lowest BCUT2D eigenvalue weighted by Crippen LogP contribution is -2.46. The highest BCUT2D eigenvalue weighted by molar-refractivity contribution is 7.89. The summed E-state index contributed by atoms with van der Waals surface area (Å²) in [6.07, 6.45) is -14.6. The zero-order valence-electron chi connectivity index (χ0n) is 17.7. The number of halogens is 7. The van der Waals surface area contributed by atoms with E-state index in [2.05, 4.69) is 25.3 Å². The molecule has 3 rings (SSSR count). The van der Waals surface area contributed by atoms with E-state index in [1.54, 1.807) is 24.3 Å². The standard InChI is InChI=1S/C20H16ClF6N5O3S/c21-12-1-3-13(4-2-12)32-17-8-16(30-10-31-17)29-9-11-7-14(36(28,33)34)5-6-15(11)35-18(19(22,23)24)20(25,26)27/h1-8,10,18H,9H2,(H2,28,33,34)(H2,29,30,31,32). The predicted octanol–water partition coefficient (Wildman–Crippen LogP) is 5.01. The van der Waals surface area contributed by atoms with Gasteiger partial charge in [-0.2, -0.15) is 26.3 Å². The van der Waals surface area contributed by atoms with Crippen LogP contribution in [-0.2, 0) is 16.6 Å². The van der Waals surface area contributed by atoms with Gasteiger partial charge in [-0.3, -0.25) is 0 Å². The molecule has 2 aromatic carbocycles. The van der Waals surface area contributed by atoms with Crippen LogP contribution in [0.2, 0.25) is 5.02 Å². The zero-order valence-corrected chi connectivity index (χ0v) is 19.3. The van der Waals surface area contributed by atoms with Gasteiger partial charge in [0.05, 0.1) is 4.90 Å². The molecule has 36 heavy (non-hydrogen) atoms. The molecule has 0 unspecified atom stereocenters. The smallest absolute Gasteiger partial charge is 0.434 e. The molecule has 0 aliphatic carbocycles. The molecule has 0 bridgehead atoms. The molecule has 4 N–H and O–H groups in total. The molecule has 0 aliphatic heterocycles. The summed E-state index contributed by atoms with van der Waals surface area (Å²) in [5.74, 6) is -0.460. The SMILES string of the molecule is NS(=O)(=O)c1ccc(OC(C(F)(F)F)C(F)(F)F)c(CNc2cc(Nc3ccc(Cl)cc3)ncn2)c1. The van der Waals surface area contributed by atoms with Crippen molar-refractivity contribution in [1.29, 1.82) is 0 Å². The molecule has 0 amide bonds. The highest BCUT2D eigenvalue weighted by Crippen LogP contribution is 2.38. The molecule has 0 aliphatic rings. The number of nitrogens with zero attached hydrogens (tertiary/aromatic N) is 2. The summed E-state index contributed by atoms with van der Waals surface area (Å²) in [5, 5.41) is 11.2. The lowest BCUT2D eigenvalue weighted by atomic mass is 10.2. The summed E-state index contributed by atoms with van der Waals surface area (Å²) in [6, 6.07) is 10.2. The fourth-order valence-corrected chi connectivity index (χ4v) is 3.51.